The fraction of sp³-hybridized carbons (Fsp3) is 0.565. The molecule has 2 bridgehead atoms. The minimum absolute atomic E-state index is 0.162. The van der Waals surface area contributed by atoms with Gasteiger partial charge >= 0.3 is 0 Å². The molecule has 0 aliphatic carbocycles. The van der Waals surface area contributed by atoms with Crippen molar-refractivity contribution in [2.75, 3.05) is 13.7 Å². The van der Waals surface area contributed by atoms with Crippen LogP contribution < -0.4 is 15.0 Å². The van der Waals surface area contributed by atoms with Gasteiger partial charge in [0.2, 0.25) is 0 Å². The van der Waals surface area contributed by atoms with Crippen molar-refractivity contribution in [3.63, 3.8) is 0 Å². The number of nitrogens with zero attached hydrogens (tertiary/aromatic N) is 3. The maximum atomic E-state index is 12.2. The van der Waals surface area contributed by atoms with Crippen LogP contribution in [0.2, 0.25) is 0 Å². The molecule has 1 aromatic heterocycles. The summed E-state index contributed by atoms with van der Waals surface area (Å²) in [6, 6.07) is 9.93. The number of hydrogen-bond acceptors (Lipinski definition) is 6. The third-order valence-corrected chi connectivity index (χ3v) is 6.34. The van der Waals surface area contributed by atoms with Crippen LogP contribution in [0, 0.1) is 6.92 Å². The molecule has 2 aliphatic heterocycles. The third kappa shape index (κ3) is 4.23. The zero-order chi connectivity index (χ0) is 21.3. The van der Waals surface area contributed by atoms with E-state index in [1.165, 1.54) is 16.3 Å². The molecule has 162 valence electrons. The number of hydrogen-bond donors (Lipinski definition) is 1. The summed E-state index contributed by atoms with van der Waals surface area (Å²) in [5.41, 5.74) is 0.895. The molecule has 2 atom stereocenters. The Balaban J connectivity index is 1.48. The number of aliphatic hydroxyl groups is 1. The number of aromatic nitrogens is 2. The van der Waals surface area contributed by atoms with Crippen LogP contribution in [0.1, 0.15) is 43.9 Å². The van der Waals surface area contributed by atoms with E-state index in [2.05, 4.69) is 16.1 Å². The Morgan fingerprint density at radius 1 is 1.17 bits per heavy atom. The predicted molar refractivity (Wildman–Crippen MR) is 114 cm³/mol. The molecule has 1 aromatic carbocycles. The summed E-state index contributed by atoms with van der Waals surface area (Å²) in [6.45, 7) is 5.49. The highest BCUT2D eigenvalue weighted by molar-refractivity contribution is 5.43. The lowest BCUT2D eigenvalue weighted by Crippen LogP contribution is -2.53. The molecule has 0 spiro atoms. The van der Waals surface area contributed by atoms with Crippen LogP contribution in [0.15, 0.2) is 35.1 Å². The van der Waals surface area contributed by atoms with Crippen molar-refractivity contribution in [1.82, 2.24) is 14.7 Å². The van der Waals surface area contributed by atoms with Crippen molar-refractivity contribution in [2.24, 2.45) is 0 Å². The van der Waals surface area contributed by atoms with Gasteiger partial charge in [-0.15, -0.1) is 0 Å². The number of aryl methyl sites for hydroxylation is 1. The topological polar surface area (TPSA) is 76.8 Å². The average molecular weight is 414 g/mol. The normalized spacial score (nSPS) is 26.0. The molecule has 2 unspecified atom stereocenters. The Morgan fingerprint density at radius 2 is 1.90 bits per heavy atom. The summed E-state index contributed by atoms with van der Waals surface area (Å²) in [4.78, 5) is 14.7. The smallest absolute Gasteiger partial charge is 0.266 e. The van der Waals surface area contributed by atoms with E-state index < -0.39 is 5.60 Å². The molecule has 7 heteroatoms. The second-order valence-electron chi connectivity index (χ2n) is 8.58. The van der Waals surface area contributed by atoms with Gasteiger partial charge in [0, 0.05) is 24.7 Å². The molecule has 4 rings (SSSR count). The summed E-state index contributed by atoms with van der Waals surface area (Å²) < 4.78 is 12.5. The van der Waals surface area contributed by atoms with Crippen LogP contribution in [0.5, 0.6) is 11.5 Å². The molecule has 3 heterocycles. The van der Waals surface area contributed by atoms with E-state index in [9.17, 15) is 9.90 Å². The zero-order valence-electron chi connectivity index (χ0n) is 18.0. The Hall–Kier alpha value is -2.38. The van der Waals surface area contributed by atoms with E-state index in [0.717, 1.165) is 36.6 Å². The van der Waals surface area contributed by atoms with E-state index >= 15 is 0 Å². The van der Waals surface area contributed by atoms with E-state index in [4.69, 9.17) is 9.47 Å². The van der Waals surface area contributed by atoms with Gasteiger partial charge in [0.05, 0.1) is 31.6 Å². The van der Waals surface area contributed by atoms with Gasteiger partial charge in [-0.3, -0.25) is 9.69 Å². The van der Waals surface area contributed by atoms with Crippen LogP contribution in [0.3, 0.4) is 0 Å². The summed E-state index contributed by atoms with van der Waals surface area (Å²) in [6.07, 6.45) is 3.44. The maximum absolute atomic E-state index is 12.2. The maximum Gasteiger partial charge on any atom is 0.266 e. The summed E-state index contributed by atoms with van der Waals surface area (Å²) >= 11 is 0. The van der Waals surface area contributed by atoms with Crippen molar-refractivity contribution >= 4 is 0 Å². The van der Waals surface area contributed by atoms with Gasteiger partial charge in [-0.05, 0) is 63.3 Å². The van der Waals surface area contributed by atoms with Crippen LogP contribution in [-0.4, -0.2) is 51.2 Å². The lowest BCUT2D eigenvalue weighted by atomic mass is 9.85. The molecule has 1 N–H and O–H groups in total. The van der Waals surface area contributed by atoms with E-state index in [-0.39, 0.29) is 12.1 Å². The number of rotatable bonds is 7. The van der Waals surface area contributed by atoms with Crippen molar-refractivity contribution in [2.45, 2.75) is 70.3 Å². The molecular weight excluding hydrogens is 382 g/mol. The zero-order valence-corrected chi connectivity index (χ0v) is 18.0. The van der Waals surface area contributed by atoms with Crippen LogP contribution >= 0.6 is 0 Å². The molecule has 2 aliphatic rings. The molecule has 30 heavy (non-hydrogen) atoms. The number of fused-ring (bicyclic) bond motifs is 2. The Bertz CT molecular complexity index is 944. The largest absolute Gasteiger partial charge is 0.493 e. The highest BCUT2D eigenvalue weighted by Crippen LogP contribution is 2.42. The summed E-state index contributed by atoms with van der Waals surface area (Å²) in [7, 11) is 1.66. The Labute approximate surface area is 177 Å². The highest BCUT2D eigenvalue weighted by atomic mass is 16.5. The second-order valence-corrected chi connectivity index (χ2v) is 8.58. The van der Waals surface area contributed by atoms with E-state index in [1.54, 1.807) is 13.2 Å². The summed E-state index contributed by atoms with van der Waals surface area (Å²) in [5.74, 6) is 1.51. The van der Waals surface area contributed by atoms with Gasteiger partial charge in [-0.1, -0.05) is 6.07 Å². The SMILES string of the molecule is CCOc1ccc(CN2C3CCC2CC(O)(Cn2nc(C)ccc2=O)C3)cc1OC. The van der Waals surface area contributed by atoms with Crippen molar-refractivity contribution in [3.8, 4) is 11.5 Å². The van der Waals surface area contributed by atoms with Crippen molar-refractivity contribution in [1.29, 1.82) is 0 Å². The van der Waals surface area contributed by atoms with Crippen LogP contribution in [-0.2, 0) is 13.1 Å². The number of piperidine rings is 1. The molecule has 2 aromatic rings. The fourth-order valence-corrected chi connectivity index (χ4v) is 5.04. The van der Waals surface area contributed by atoms with Gasteiger partial charge in [0.15, 0.2) is 11.5 Å². The molecule has 0 amide bonds. The first-order valence-corrected chi connectivity index (χ1v) is 10.7. The minimum atomic E-state index is -0.899. The molecule has 7 nitrogen and oxygen atoms in total. The van der Waals surface area contributed by atoms with Crippen molar-refractivity contribution in [3.05, 3.63) is 51.9 Å². The molecular formula is C23H31N3O4. The van der Waals surface area contributed by atoms with E-state index in [0.29, 0.717) is 31.5 Å². The fourth-order valence-electron chi connectivity index (χ4n) is 5.04. The van der Waals surface area contributed by atoms with Crippen LogP contribution in [0.4, 0.5) is 0 Å². The van der Waals surface area contributed by atoms with Gasteiger partial charge < -0.3 is 14.6 Å². The molecule has 0 saturated carbocycles. The molecule has 0 radical (unpaired) electrons. The predicted octanol–water partition coefficient (Wildman–Crippen LogP) is 2.52. The summed E-state index contributed by atoms with van der Waals surface area (Å²) in [5, 5.41) is 15.6. The van der Waals surface area contributed by atoms with Crippen molar-refractivity contribution < 1.29 is 14.6 Å². The number of ether oxygens (including phenoxy) is 2. The van der Waals surface area contributed by atoms with Gasteiger partial charge in [-0.2, -0.15) is 5.10 Å². The monoisotopic (exact) mass is 413 g/mol. The average Bonchev–Trinajstić information content (AvgIpc) is 2.96. The number of benzene rings is 1. The first-order chi connectivity index (χ1) is 14.4. The highest BCUT2D eigenvalue weighted by Gasteiger charge is 2.47. The first-order valence-electron chi connectivity index (χ1n) is 10.7. The molecule has 2 saturated heterocycles. The quantitative estimate of drug-likeness (QED) is 0.752. The Kier molecular flexibility index (Phi) is 5.84. The first kappa shape index (κ1) is 20.9. The molecule has 2 fully saturated rings. The van der Waals surface area contributed by atoms with E-state index in [1.807, 2.05) is 26.0 Å². The second kappa shape index (κ2) is 8.40. The lowest BCUT2D eigenvalue weighted by Gasteiger charge is -2.43. The lowest BCUT2D eigenvalue weighted by molar-refractivity contribution is -0.0678. The number of methoxy groups -OCH3 is 1. The van der Waals surface area contributed by atoms with Gasteiger partial charge in [-0.25, -0.2) is 4.68 Å². The van der Waals surface area contributed by atoms with Gasteiger partial charge in [0.25, 0.3) is 5.56 Å². The standard InChI is InChI=1S/C23H31N3O4/c1-4-30-20-9-6-17(11-21(20)29-3)14-25-18-7-8-19(25)13-23(28,12-18)15-26-22(27)10-5-16(2)24-26/h5-6,9-11,18-19,28H,4,7-8,12-15H2,1-3H3. The third-order valence-electron chi connectivity index (χ3n) is 6.34. The van der Waals surface area contributed by atoms with Crippen LogP contribution in [0.25, 0.3) is 0 Å². The Morgan fingerprint density at radius 3 is 2.57 bits per heavy atom. The minimum Gasteiger partial charge on any atom is -0.493 e. The van der Waals surface area contributed by atoms with Gasteiger partial charge in [0.1, 0.15) is 0 Å².